The van der Waals surface area contributed by atoms with E-state index in [9.17, 15) is 9.59 Å². The van der Waals surface area contributed by atoms with E-state index in [4.69, 9.17) is 9.47 Å². The summed E-state index contributed by atoms with van der Waals surface area (Å²) in [6.45, 7) is 0. The van der Waals surface area contributed by atoms with Crippen molar-refractivity contribution in [1.29, 1.82) is 0 Å². The molecule has 7 heteroatoms. The van der Waals surface area contributed by atoms with Crippen LogP contribution in [-0.2, 0) is 4.79 Å². The average Bonchev–Trinajstić information content (AvgIpc) is 2.90. The summed E-state index contributed by atoms with van der Waals surface area (Å²) in [5.41, 5.74) is 1.27. The number of benzene rings is 2. The van der Waals surface area contributed by atoms with E-state index in [2.05, 4.69) is 15.9 Å². The topological polar surface area (TPSA) is 55.8 Å². The number of nitrogens with zero attached hydrogens (tertiary/aromatic N) is 1. The van der Waals surface area contributed by atoms with Crippen molar-refractivity contribution in [3.8, 4) is 11.5 Å². The lowest BCUT2D eigenvalue weighted by Crippen LogP contribution is -2.27. The summed E-state index contributed by atoms with van der Waals surface area (Å²) >= 11 is 4.36. The average molecular weight is 420 g/mol. The second-order valence-electron chi connectivity index (χ2n) is 5.08. The van der Waals surface area contributed by atoms with Gasteiger partial charge in [-0.05, 0) is 47.7 Å². The Bertz CT molecular complexity index is 867. The number of rotatable bonds is 4. The molecule has 0 N–H and O–H groups in total. The van der Waals surface area contributed by atoms with Gasteiger partial charge in [0.1, 0.15) is 0 Å². The fourth-order valence-corrected chi connectivity index (χ4v) is 3.66. The molecule has 2 aromatic carbocycles. The summed E-state index contributed by atoms with van der Waals surface area (Å²) in [6, 6.07) is 12.4. The van der Waals surface area contributed by atoms with Gasteiger partial charge in [0, 0.05) is 4.47 Å². The minimum absolute atomic E-state index is 0.320. The smallest absolute Gasteiger partial charge is 0.298 e. The Morgan fingerprint density at radius 1 is 1.04 bits per heavy atom. The summed E-state index contributed by atoms with van der Waals surface area (Å²) in [5, 5.41) is -0.320. The van der Waals surface area contributed by atoms with Gasteiger partial charge in [0.25, 0.3) is 11.1 Å². The number of carbonyl (C=O) groups excluding carboxylic acids is 2. The minimum atomic E-state index is -0.345. The molecule has 0 saturated carbocycles. The zero-order valence-electron chi connectivity index (χ0n) is 13.5. The molecule has 2 amide bonds. The summed E-state index contributed by atoms with van der Waals surface area (Å²) in [6.07, 6.45) is 1.67. The van der Waals surface area contributed by atoms with Crippen LogP contribution in [0.4, 0.5) is 10.5 Å². The van der Waals surface area contributed by atoms with Crippen LogP contribution in [0.15, 0.2) is 51.8 Å². The summed E-state index contributed by atoms with van der Waals surface area (Å²) < 4.78 is 11.3. The second kappa shape index (κ2) is 7.33. The minimum Gasteiger partial charge on any atom is -0.493 e. The normalized spacial score (nSPS) is 15.8. The highest BCUT2D eigenvalue weighted by Crippen LogP contribution is 2.39. The molecule has 0 aliphatic carbocycles. The fourth-order valence-electron chi connectivity index (χ4n) is 2.39. The zero-order chi connectivity index (χ0) is 18.0. The number of amides is 2. The maximum absolute atomic E-state index is 12.7. The summed E-state index contributed by atoms with van der Waals surface area (Å²) in [5.74, 6) is 0.769. The van der Waals surface area contributed by atoms with E-state index in [1.807, 2.05) is 6.07 Å². The van der Waals surface area contributed by atoms with Crippen LogP contribution in [0.5, 0.6) is 11.5 Å². The molecule has 1 heterocycles. The standard InChI is InChI=1S/C18H14BrNO4S/c1-23-14-8-11(13(19)10-15(14)24-2)9-16-17(21)20(18(22)25-16)12-6-4-3-5-7-12/h3-10H,1-2H3/b16-9-. The third-order valence-corrected chi connectivity index (χ3v) is 5.15. The number of para-hydroxylation sites is 1. The highest BCUT2D eigenvalue weighted by molar-refractivity contribution is 9.10. The van der Waals surface area contributed by atoms with Gasteiger partial charge in [-0.3, -0.25) is 9.59 Å². The van der Waals surface area contributed by atoms with E-state index in [0.29, 0.717) is 22.1 Å². The van der Waals surface area contributed by atoms with Crippen LogP contribution in [-0.4, -0.2) is 25.4 Å². The highest BCUT2D eigenvalue weighted by Gasteiger charge is 2.36. The largest absolute Gasteiger partial charge is 0.493 e. The lowest BCUT2D eigenvalue weighted by molar-refractivity contribution is -0.113. The van der Waals surface area contributed by atoms with E-state index < -0.39 is 0 Å². The fraction of sp³-hybridized carbons (Fsp3) is 0.111. The van der Waals surface area contributed by atoms with E-state index in [0.717, 1.165) is 21.8 Å². The zero-order valence-corrected chi connectivity index (χ0v) is 15.9. The van der Waals surface area contributed by atoms with Crippen LogP contribution >= 0.6 is 27.7 Å². The first-order chi connectivity index (χ1) is 12.0. The van der Waals surface area contributed by atoms with E-state index in [1.54, 1.807) is 56.7 Å². The van der Waals surface area contributed by atoms with Crippen molar-refractivity contribution in [3.63, 3.8) is 0 Å². The molecule has 1 fully saturated rings. The van der Waals surface area contributed by atoms with E-state index in [1.165, 1.54) is 4.90 Å². The Balaban J connectivity index is 1.98. The van der Waals surface area contributed by atoms with Crippen molar-refractivity contribution in [1.82, 2.24) is 0 Å². The van der Waals surface area contributed by atoms with E-state index >= 15 is 0 Å². The van der Waals surface area contributed by atoms with Crippen LogP contribution in [0.2, 0.25) is 0 Å². The van der Waals surface area contributed by atoms with Crippen LogP contribution < -0.4 is 14.4 Å². The quantitative estimate of drug-likeness (QED) is 0.671. The molecule has 0 unspecified atom stereocenters. The number of carbonyl (C=O) groups is 2. The summed E-state index contributed by atoms with van der Waals surface area (Å²) in [7, 11) is 3.09. The van der Waals surface area contributed by atoms with Crippen molar-refractivity contribution in [3.05, 3.63) is 57.4 Å². The molecule has 0 aromatic heterocycles. The van der Waals surface area contributed by atoms with Crippen molar-refractivity contribution < 1.29 is 19.1 Å². The molecule has 1 aliphatic rings. The van der Waals surface area contributed by atoms with Crippen LogP contribution in [0, 0.1) is 0 Å². The molecule has 0 radical (unpaired) electrons. The SMILES string of the molecule is COc1cc(Br)c(/C=C2\SC(=O)N(c3ccccc3)C2=O)cc1OC. The van der Waals surface area contributed by atoms with Crippen molar-refractivity contribution >= 4 is 50.6 Å². The number of anilines is 1. The Kier molecular flexibility index (Phi) is 5.15. The molecule has 128 valence electrons. The first-order valence-electron chi connectivity index (χ1n) is 7.29. The Morgan fingerprint density at radius 2 is 1.68 bits per heavy atom. The first kappa shape index (κ1) is 17.6. The van der Waals surface area contributed by atoms with Crippen LogP contribution in [0.1, 0.15) is 5.56 Å². The van der Waals surface area contributed by atoms with Gasteiger partial charge in [-0.1, -0.05) is 34.1 Å². The lowest BCUT2D eigenvalue weighted by atomic mass is 10.1. The number of thioether (sulfide) groups is 1. The molecule has 2 aromatic rings. The molecule has 0 spiro atoms. The predicted octanol–water partition coefficient (Wildman–Crippen LogP) is 4.71. The van der Waals surface area contributed by atoms with Gasteiger partial charge in [-0.2, -0.15) is 0 Å². The van der Waals surface area contributed by atoms with Gasteiger partial charge in [-0.25, -0.2) is 4.90 Å². The van der Waals surface area contributed by atoms with Gasteiger partial charge in [0.05, 0.1) is 24.8 Å². The van der Waals surface area contributed by atoms with Gasteiger partial charge >= 0.3 is 0 Å². The molecule has 5 nitrogen and oxygen atoms in total. The number of methoxy groups -OCH3 is 2. The van der Waals surface area contributed by atoms with Gasteiger partial charge in [0.2, 0.25) is 0 Å². The molecule has 1 aliphatic heterocycles. The Morgan fingerprint density at radius 3 is 2.32 bits per heavy atom. The molecular formula is C18H14BrNO4S. The first-order valence-corrected chi connectivity index (χ1v) is 8.90. The van der Waals surface area contributed by atoms with Crippen LogP contribution in [0.3, 0.4) is 0 Å². The molecular weight excluding hydrogens is 406 g/mol. The highest BCUT2D eigenvalue weighted by atomic mass is 79.9. The maximum atomic E-state index is 12.7. The monoisotopic (exact) mass is 419 g/mol. The molecule has 1 saturated heterocycles. The maximum Gasteiger partial charge on any atom is 0.298 e. The van der Waals surface area contributed by atoms with E-state index in [-0.39, 0.29) is 11.1 Å². The second-order valence-corrected chi connectivity index (χ2v) is 6.93. The molecule has 0 bridgehead atoms. The molecule has 0 atom stereocenters. The number of imide groups is 1. The van der Waals surface area contributed by atoms with Gasteiger partial charge in [0.15, 0.2) is 11.5 Å². The molecule has 3 rings (SSSR count). The van der Waals surface area contributed by atoms with Gasteiger partial charge in [-0.15, -0.1) is 0 Å². The van der Waals surface area contributed by atoms with Crippen molar-refractivity contribution in [2.45, 2.75) is 0 Å². The number of hydrogen-bond donors (Lipinski definition) is 0. The van der Waals surface area contributed by atoms with Crippen LogP contribution in [0.25, 0.3) is 6.08 Å². The Hall–Kier alpha value is -2.25. The number of halogens is 1. The van der Waals surface area contributed by atoms with Crippen molar-refractivity contribution in [2.24, 2.45) is 0 Å². The molecule has 25 heavy (non-hydrogen) atoms. The number of ether oxygens (including phenoxy) is 2. The third kappa shape index (κ3) is 3.43. The summed E-state index contributed by atoms with van der Waals surface area (Å²) in [4.78, 5) is 26.4. The van der Waals surface area contributed by atoms with Crippen molar-refractivity contribution in [2.75, 3.05) is 19.1 Å². The predicted molar refractivity (Wildman–Crippen MR) is 102 cm³/mol. The third-order valence-electron chi connectivity index (χ3n) is 3.60. The Labute approximate surface area is 157 Å². The lowest BCUT2D eigenvalue weighted by Gasteiger charge is -2.12. The van der Waals surface area contributed by atoms with Gasteiger partial charge < -0.3 is 9.47 Å². The number of hydrogen-bond acceptors (Lipinski definition) is 5.